The van der Waals surface area contributed by atoms with E-state index in [9.17, 15) is 9.59 Å². The van der Waals surface area contributed by atoms with Crippen LogP contribution >= 0.6 is 0 Å². The second kappa shape index (κ2) is 7.08. The number of nitrogens with zero attached hydrogens (tertiary/aromatic N) is 1. The molecule has 0 aromatic heterocycles. The molecule has 21 heavy (non-hydrogen) atoms. The van der Waals surface area contributed by atoms with Gasteiger partial charge in [0.05, 0.1) is 12.8 Å². The third kappa shape index (κ3) is 3.72. The standard InChI is InChI=1S/C15H21N3O3/c1-21-13-6-5-11(17-14(19)7-8-16)10-12(13)18-9-3-2-4-15(18)20/h5-6,10H,2-4,7-9,16H2,1H3,(H,17,19). The van der Waals surface area contributed by atoms with Crippen LogP contribution in [0.2, 0.25) is 0 Å². The van der Waals surface area contributed by atoms with E-state index in [4.69, 9.17) is 10.5 Å². The van der Waals surface area contributed by atoms with Crippen LogP contribution in [-0.4, -0.2) is 32.0 Å². The SMILES string of the molecule is COc1ccc(NC(=O)CCN)cc1N1CCCCC1=O. The smallest absolute Gasteiger partial charge is 0.227 e. The summed E-state index contributed by atoms with van der Waals surface area (Å²) >= 11 is 0. The Balaban J connectivity index is 2.25. The van der Waals surface area contributed by atoms with Crippen molar-refractivity contribution in [1.82, 2.24) is 0 Å². The fourth-order valence-corrected chi connectivity index (χ4v) is 2.39. The number of nitrogens with one attached hydrogen (secondary N) is 1. The molecule has 1 fully saturated rings. The van der Waals surface area contributed by atoms with Crippen molar-refractivity contribution in [2.75, 3.05) is 30.4 Å². The Bertz CT molecular complexity index is 531. The van der Waals surface area contributed by atoms with Crippen molar-refractivity contribution in [2.24, 2.45) is 5.73 Å². The molecule has 6 heteroatoms. The minimum Gasteiger partial charge on any atom is -0.495 e. The zero-order valence-electron chi connectivity index (χ0n) is 12.2. The first kappa shape index (κ1) is 15.3. The quantitative estimate of drug-likeness (QED) is 0.861. The van der Waals surface area contributed by atoms with E-state index < -0.39 is 0 Å². The van der Waals surface area contributed by atoms with E-state index in [0.717, 1.165) is 12.8 Å². The van der Waals surface area contributed by atoms with E-state index in [1.807, 2.05) is 0 Å². The lowest BCUT2D eigenvalue weighted by atomic mass is 10.1. The van der Waals surface area contributed by atoms with E-state index in [1.54, 1.807) is 30.2 Å². The predicted molar refractivity (Wildman–Crippen MR) is 81.5 cm³/mol. The first-order chi connectivity index (χ1) is 10.2. The van der Waals surface area contributed by atoms with E-state index in [1.165, 1.54) is 0 Å². The van der Waals surface area contributed by atoms with Gasteiger partial charge in [-0.3, -0.25) is 9.59 Å². The first-order valence-electron chi connectivity index (χ1n) is 7.14. The van der Waals surface area contributed by atoms with Gasteiger partial charge in [0, 0.05) is 31.6 Å². The van der Waals surface area contributed by atoms with Gasteiger partial charge in [-0.25, -0.2) is 0 Å². The molecule has 1 aromatic carbocycles. The average molecular weight is 291 g/mol. The van der Waals surface area contributed by atoms with Crippen LogP contribution in [0.5, 0.6) is 5.75 Å². The van der Waals surface area contributed by atoms with Crippen LogP contribution in [0.3, 0.4) is 0 Å². The van der Waals surface area contributed by atoms with Gasteiger partial charge in [0.1, 0.15) is 5.75 Å². The molecule has 1 heterocycles. The summed E-state index contributed by atoms with van der Waals surface area (Å²) in [6, 6.07) is 5.29. The van der Waals surface area contributed by atoms with Crippen LogP contribution in [-0.2, 0) is 9.59 Å². The highest BCUT2D eigenvalue weighted by Crippen LogP contribution is 2.33. The second-order valence-corrected chi connectivity index (χ2v) is 4.98. The summed E-state index contributed by atoms with van der Waals surface area (Å²) in [6.07, 6.45) is 2.71. The zero-order valence-corrected chi connectivity index (χ0v) is 12.2. The molecule has 0 atom stereocenters. The number of ether oxygens (including phenoxy) is 1. The Hall–Kier alpha value is -2.08. The number of carbonyl (C=O) groups excluding carboxylic acids is 2. The van der Waals surface area contributed by atoms with Crippen molar-refractivity contribution in [3.8, 4) is 5.75 Å². The highest BCUT2D eigenvalue weighted by atomic mass is 16.5. The summed E-state index contributed by atoms with van der Waals surface area (Å²) in [5.41, 5.74) is 6.70. The number of rotatable bonds is 5. The van der Waals surface area contributed by atoms with Gasteiger partial charge in [-0.2, -0.15) is 0 Å². The van der Waals surface area contributed by atoms with E-state index in [0.29, 0.717) is 36.6 Å². The largest absolute Gasteiger partial charge is 0.495 e. The van der Waals surface area contributed by atoms with Gasteiger partial charge in [-0.1, -0.05) is 0 Å². The van der Waals surface area contributed by atoms with Crippen molar-refractivity contribution in [3.63, 3.8) is 0 Å². The second-order valence-electron chi connectivity index (χ2n) is 4.98. The third-order valence-corrected chi connectivity index (χ3v) is 3.45. The summed E-state index contributed by atoms with van der Waals surface area (Å²) in [5.74, 6) is 0.575. The van der Waals surface area contributed by atoms with Gasteiger partial charge in [-0.15, -0.1) is 0 Å². The number of anilines is 2. The van der Waals surface area contributed by atoms with Gasteiger partial charge in [0.15, 0.2) is 0 Å². The van der Waals surface area contributed by atoms with Crippen molar-refractivity contribution in [1.29, 1.82) is 0 Å². The van der Waals surface area contributed by atoms with Crippen LogP contribution in [0.1, 0.15) is 25.7 Å². The van der Waals surface area contributed by atoms with Crippen molar-refractivity contribution >= 4 is 23.2 Å². The molecule has 1 aliphatic heterocycles. The average Bonchev–Trinajstić information content (AvgIpc) is 2.48. The molecule has 1 saturated heterocycles. The van der Waals surface area contributed by atoms with Gasteiger partial charge in [-0.05, 0) is 31.0 Å². The lowest BCUT2D eigenvalue weighted by Gasteiger charge is -2.28. The Morgan fingerprint density at radius 1 is 1.43 bits per heavy atom. The lowest BCUT2D eigenvalue weighted by molar-refractivity contribution is -0.119. The van der Waals surface area contributed by atoms with Crippen molar-refractivity contribution < 1.29 is 14.3 Å². The molecule has 1 aliphatic rings. The van der Waals surface area contributed by atoms with Crippen LogP contribution in [0.25, 0.3) is 0 Å². The van der Waals surface area contributed by atoms with E-state index >= 15 is 0 Å². The van der Waals surface area contributed by atoms with Gasteiger partial charge in [0.2, 0.25) is 11.8 Å². The molecular formula is C15H21N3O3. The Labute approximate surface area is 124 Å². The number of methoxy groups -OCH3 is 1. The molecule has 2 rings (SSSR count). The molecule has 0 radical (unpaired) electrons. The third-order valence-electron chi connectivity index (χ3n) is 3.45. The Kier molecular flexibility index (Phi) is 5.16. The molecule has 0 bridgehead atoms. The Morgan fingerprint density at radius 2 is 2.24 bits per heavy atom. The molecular weight excluding hydrogens is 270 g/mol. The number of hydrogen-bond donors (Lipinski definition) is 2. The molecule has 0 unspecified atom stereocenters. The van der Waals surface area contributed by atoms with E-state index in [2.05, 4.69) is 5.32 Å². The monoisotopic (exact) mass is 291 g/mol. The summed E-state index contributed by atoms with van der Waals surface area (Å²) < 4.78 is 5.33. The number of piperidine rings is 1. The fraction of sp³-hybridized carbons (Fsp3) is 0.467. The molecule has 0 spiro atoms. The van der Waals surface area contributed by atoms with Gasteiger partial charge >= 0.3 is 0 Å². The highest BCUT2D eigenvalue weighted by Gasteiger charge is 2.23. The molecule has 114 valence electrons. The summed E-state index contributed by atoms with van der Waals surface area (Å²) in [5, 5.41) is 2.78. The summed E-state index contributed by atoms with van der Waals surface area (Å²) in [7, 11) is 1.57. The maximum absolute atomic E-state index is 12.1. The van der Waals surface area contributed by atoms with Crippen molar-refractivity contribution in [3.05, 3.63) is 18.2 Å². The maximum Gasteiger partial charge on any atom is 0.227 e. The number of carbonyl (C=O) groups is 2. The molecule has 3 N–H and O–H groups in total. The van der Waals surface area contributed by atoms with Crippen LogP contribution in [0.4, 0.5) is 11.4 Å². The summed E-state index contributed by atoms with van der Waals surface area (Å²) in [4.78, 5) is 25.4. The molecule has 1 aromatic rings. The molecule has 0 saturated carbocycles. The Morgan fingerprint density at radius 3 is 2.90 bits per heavy atom. The van der Waals surface area contributed by atoms with E-state index in [-0.39, 0.29) is 18.2 Å². The lowest BCUT2D eigenvalue weighted by Crippen LogP contribution is -2.35. The highest BCUT2D eigenvalue weighted by molar-refractivity contribution is 5.97. The normalized spacial score (nSPS) is 15.0. The maximum atomic E-state index is 12.1. The number of amides is 2. The van der Waals surface area contributed by atoms with Gasteiger partial charge in [0.25, 0.3) is 0 Å². The minimum absolute atomic E-state index is 0.0879. The fourth-order valence-electron chi connectivity index (χ4n) is 2.39. The first-order valence-corrected chi connectivity index (χ1v) is 7.14. The minimum atomic E-state index is -0.140. The van der Waals surface area contributed by atoms with Crippen molar-refractivity contribution in [2.45, 2.75) is 25.7 Å². The number of benzene rings is 1. The number of nitrogens with two attached hydrogens (primary N) is 1. The molecule has 6 nitrogen and oxygen atoms in total. The van der Waals surface area contributed by atoms with Crippen LogP contribution < -0.4 is 20.7 Å². The number of hydrogen-bond acceptors (Lipinski definition) is 4. The summed E-state index contributed by atoms with van der Waals surface area (Å²) in [6.45, 7) is 0.981. The van der Waals surface area contributed by atoms with Crippen LogP contribution in [0, 0.1) is 0 Å². The molecule has 2 amide bonds. The van der Waals surface area contributed by atoms with Gasteiger partial charge < -0.3 is 20.7 Å². The molecule has 0 aliphatic carbocycles. The predicted octanol–water partition coefficient (Wildman–Crippen LogP) is 1.50. The van der Waals surface area contributed by atoms with Crippen LogP contribution in [0.15, 0.2) is 18.2 Å². The topological polar surface area (TPSA) is 84.7 Å². The zero-order chi connectivity index (χ0) is 15.2.